The Labute approximate surface area is 135 Å². The lowest BCUT2D eigenvalue weighted by Gasteiger charge is -2.31. The number of pyridine rings is 1. The Morgan fingerprint density at radius 2 is 2.00 bits per heavy atom. The predicted octanol–water partition coefficient (Wildman–Crippen LogP) is 3.83. The van der Waals surface area contributed by atoms with Gasteiger partial charge in [0.15, 0.2) is 5.82 Å². The van der Waals surface area contributed by atoms with Crippen molar-refractivity contribution < 1.29 is 17.7 Å². The van der Waals surface area contributed by atoms with Crippen LogP contribution in [0.5, 0.6) is 0 Å². The van der Waals surface area contributed by atoms with Crippen molar-refractivity contribution in [3.8, 4) is 0 Å². The standard InChI is InChI=1S/C14H14ClF3N4O/c1-8-20-13(23-21-8)9-2-4-22(5-3-9)12-11(15)6-10(7-19-12)14(16,17)18/h6-7,9H,2-5H2,1H3. The van der Waals surface area contributed by atoms with Gasteiger partial charge in [-0.05, 0) is 25.8 Å². The van der Waals surface area contributed by atoms with E-state index in [9.17, 15) is 13.2 Å². The van der Waals surface area contributed by atoms with Gasteiger partial charge in [0.05, 0.1) is 10.6 Å². The van der Waals surface area contributed by atoms with Crippen LogP contribution in [0.15, 0.2) is 16.8 Å². The molecule has 1 saturated heterocycles. The number of halogens is 4. The summed E-state index contributed by atoms with van der Waals surface area (Å²) in [6.45, 7) is 2.99. The normalized spacial score (nSPS) is 16.8. The van der Waals surface area contributed by atoms with Crippen LogP contribution in [0.4, 0.5) is 19.0 Å². The third kappa shape index (κ3) is 3.41. The molecule has 9 heteroatoms. The van der Waals surface area contributed by atoms with Crippen LogP contribution in [0.2, 0.25) is 5.02 Å². The molecule has 0 aromatic carbocycles. The summed E-state index contributed by atoms with van der Waals surface area (Å²) >= 11 is 5.98. The largest absolute Gasteiger partial charge is 0.417 e. The van der Waals surface area contributed by atoms with Gasteiger partial charge < -0.3 is 9.42 Å². The van der Waals surface area contributed by atoms with Crippen molar-refractivity contribution in [1.29, 1.82) is 0 Å². The third-order valence-corrected chi connectivity index (χ3v) is 4.11. The van der Waals surface area contributed by atoms with Crippen molar-refractivity contribution >= 4 is 17.4 Å². The quantitative estimate of drug-likeness (QED) is 0.827. The van der Waals surface area contributed by atoms with Crippen molar-refractivity contribution in [2.45, 2.75) is 31.9 Å². The van der Waals surface area contributed by atoms with Crippen molar-refractivity contribution in [2.75, 3.05) is 18.0 Å². The Morgan fingerprint density at radius 3 is 2.52 bits per heavy atom. The zero-order valence-corrected chi connectivity index (χ0v) is 13.0. The number of aryl methyl sites for hydroxylation is 1. The summed E-state index contributed by atoms with van der Waals surface area (Å²) in [5.74, 6) is 1.73. The first kappa shape index (κ1) is 16.0. The van der Waals surface area contributed by atoms with Crippen LogP contribution in [-0.2, 0) is 6.18 Å². The fourth-order valence-corrected chi connectivity index (χ4v) is 2.92. The highest BCUT2D eigenvalue weighted by molar-refractivity contribution is 6.33. The summed E-state index contributed by atoms with van der Waals surface area (Å²) < 4.78 is 43.1. The van der Waals surface area contributed by atoms with Gasteiger partial charge in [0.25, 0.3) is 0 Å². The second-order valence-corrected chi connectivity index (χ2v) is 5.88. The monoisotopic (exact) mass is 346 g/mol. The van der Waals surface area contributed by atoms with Crippen LogP contribution < -0.4 is 4.90 Å². The molecule has 0 unspecified atom stereocenters. The molecular formula is C14H14ClF3N4O. The number of piperidine rings is 1. The summed E-state index contributed by atoms with van der Waals surface area (Å²) in [7, 11) is 0. The van der Waals surface area contributed by atoms with E-state index in [-0.39, 0.29) is 10.9 Å². The number of alkyl halides is 3. The summed E-state index contributed by atoms with van der Waals surface area (Å²) in [5, 5.41) is 3.78. The Bertz CT molecular complexity index is 696. The molecule has 0 radical (unpaired) electrons. The zero-order chi connectivity index (χ0) is 16.6. The van der Waals surface area contributed by atoms with Crippen LogP contribution in [0.3, 0.4) is 0 Å². The molecule has 23 heavy (non-hydrogen) atoms. The van der Waals surface area contributed by atoms with E-state index in [1.165, 1.54) is 0 Å². The first-order valence-electron chi connectivity index (χ1n) is 7.12. The van der Waals surface area contributed by atoms with Gasteiger partial charge in [-0.1, -0.05) is 16.8 Å². The number of hydrogen-bond acceptors (Lipinski definition) is 5. The average Bonchev–Trinajstić information content (AvgIpc) is 2.93. The number of aromatic nitrogens is 3. The zero-order valence-electron chi connectivity index (χ0n) is 12.3. The second kappa shape index (κ2) is 5.99. The SMILES string of the molecule is Cc1noc(C2CCN(c3ncc(C(F)(F)F)cc3Cl)CC2)n1. The Morgan fingerprint density at radius 1 is 1.30 bits per heavy atom. The average molecular weight is 347 g/mol. The smallest absolute Gasteiger partial charge is 0.355 e. The second-order valence-electron chi connectivity index (χ2n) is 5.47. The Kier molecular flexibility index (Phi) is 4.18. The molecule has 3 heterocycles. The van der Waals surface area contributed by atoms with Gasteiger partial charge in [-0.3, -0.25) is 0 Å². The fourth-order valence-electron chi connectivity index (χ4n) is 2.64. The molecule has 0 bridgehead atoms. The number of anilines is 1. The molecule has 2 aromatic rings. The summed E-state index contributed by atoms with van der Waals surface area (Å²) in [6.07, 6.45) is -2.13. The van der Waals surface area contributed by atoms with E-state index in [2.05, 4.69) is 15.1 Å². The van der Waals surface area contributed by atoms with E-state index in [0.717, 1.165) is 25.1 Å². The van der Waals surface area contributed by atoms with Gasteiger partial charge in [0.1, 0.15) is 5.82 Å². The summed E-state index contributed by atoms with van der Waals surface area (Å²) in [4.78, 5) is 10.00. The Balaban J connectivity index is 1.70. The summed E-state index contributed by atoms with van der Waals surface area (Å²) in [5.41, 5.74) is -0.845. The van der Waals surface area contributed by atoms with Crippen LogP contribution in [0.25, 0.3) is 0 Å². The minimum atomic E-state index is -4.45. The molecule has 0 N–H and O–H groups in total. The molecule has 3 rings (SSSR count). The van der Waals surface area contributed by atoms with Gasteiger partial charge >= 0.3 is 6.18 Å². The van der Waals surface area contributed by atoms with Gasteiger partial charge in [-0.15, -0.1) is 0 Å². The molecule has 1 fully saturated rings. The lowest BCUT2D eigenvalue weighted by molar-refractivity contribution is -0.137. The van der Waals surface area contributed by atoms with Crippen molar-refractivity contribution in [3.63, 3.8) is 0 Å². The third-order valence-electron chi connectivity index (χ3n) is 3.84. The molecule has 5 nitrogen and oxygen atoms in total. The van der Waals surface area contributed by atoms with E-state index < -0.39 is 11.7 Å². The molecule has 124 valence electrons. The highest BCUT2D eigenvalue weighted by atomic mass is 35.5. The van der Waals surface area contributed by atoms with Crippen LogP contribution in [0, 0.1) is 6.92 Å². The highest BCUT2D eigenvalue weighted by Crippen LogP contribution is 2.35. The lowest BCUT2D eigenvalue weighted by atomic mass is 9.97. The van der Waals surface area contributed by atoms with E-state index >= 15 is 0 Å². The first-order valence-corrected chi connectivity index (χ1v) is 7.50. The van der Waals surface area contributed by atoms with E-state index in [4.69, 9.17) is 16.1 Å². The molecular weight excluding hydrogens is 333 g/mol. The Hall–Kier alpha value is -1.83. The topological polar surface area (TPSA) is 55.1 Å². The van der Waals surface area contributed by atoms with Gasteiger partial charge in [0, 0.05) is 25.2 Å². The minimum absolute atomic E-state index is 0.00640. The van der Waals surface area contributed by atoms with E-state index in [1.54, 1.807) is 6.92 Å². The maximum Gasteiger partial charge on any atom is 0.417 e. The van der Waals surface area contributed by atoms with Gasteiger partial charge in [0.2, 0.25) is 5.89 Å². The maximum absolute atomic E-state index is 12.6. The molecule has 1 aliphatic rings. The van der Waals surface area contributed by atoms with Crippen molar-refractivity contribution in [1.82, 2.24) is 15.1 Å². The molecule has 0 spiro atoms. The van der Waals surface area contributed by atoms with Gasteiger partial charge in [-0.2, -0.15) is 18.2 Å². The highest BCUT2D eigenvalue weighted by Gasteiger charge is 2.32. The lowest BCUT2D eigenvalue weighted by Crippen LogP contribution is -2.33. The summed E-state index contributed by atoms with van der Waals surface area (Å²) in [6, 6.07) is 0.914. The number of hydrogen-bond donors (Lipinski definition) is 0. The maximum atomic E-state index is 12.6. The van der Waals surface area contributed by atoms with Crippen molar-refractivity contribution in [2.24, 2.45) is 0 Å². The molecule has 0 saturated carbocycles. The molecule has 0 aliphatic carbocycles. The fraction of sp³-hybridized carbons (Fsp3) is 0.500. The molecule has 0 amide bonds. The number of nitrogens with zero attached hydrogens (tertiary/aromatic N) is 4. The van der Waals surface area contributed by atoms with Crippen LogP contribution in [0.1, 0.15) is 36.0 Å². The predicted molar refractivity (Wildman–Crippen MR) is 77.5 cm³/mol. The molecule has 2 aromatic heterocycles. The van der Waals surface area contributed by atoms with Crippen molar-refractivity contribution in [3.05, 3.63) is 34.6 Å². The molecule has 1 aliphatic heterocycles. The van der Waals surface area contributed by atoms with Gasteiger partial charge in [-0.25, -0.2) is 4.98 Å². The number of rotatable bonds is 2. The van der Waals surface area contributed by atoms with Crippen LogP contribution >= 0.6 is 11.6 Å². The van der Waals surface area contributed by atoms with Crippen LogP contribution in [-0.4, -0.2) is 28.2 Å². The minimum Gasteiger partial charge on any atom is -0.355 e. The molecule has 0 atom stereocenters. The first-order chi connectivity index (χ1) is 10.8. The van der Waals surface area contributed by atoms with E-state index in [1.807, 2.05) is 4.90 Å². The van der Waals surface area contributed by atoms with E-state index in [0.29, 0.717) is 30.6 Å².